The van der Waals surface area contributed by atoms with E-state index in [1.807, 2.05) is 12.1 Å². The fourth-order valence-corrected chi connectivity index (χ4v) is 4.28. The number of aliphatic imine (C=N–C) groups is 1. The minimum atomic E-state index is 0.125. The van der Waals surface area contributed by atoms with Crippen LogP contribution in [-0.2, 0) is 11.2 Å². The Kier molecular flexibility index (Phi) is 4.90. The van der Waals surface area contributed by atoms with Gasteiger partial charge in [0.15, 0.2) is 11.7 Å². The highest BCUT2D eigenvalue weighted by atomic mass is 16.5. The Morgan fingerprint density at radius 3 is 3.11 bits per heavy atom. The first-order valence-corrected chi connectivity index (χ1v) is 9.71. The molecule has 3 unspecified atom stereocenters. The van der Waals surface area contributed by atoms with Gasteiger partial charge in [0.25, 0.3) is 0 Å². The second-order valence-corrected chi connectivity index (χ2v) is 7.78. The highest BCUT2D eigenvalue weighted by Crippen LogP contribution is 2.52. The molecule has 0 aromatic carbocycles. The number of nitrogens with zero attached hydrogens (tertiary/aromatic N) is 3. The molecule has 3 heterocycles. The monoisotopic (exact) mass is 372 g/mol. The Morgan fingerprint density at radius 1 is 1.44 bits per heavy atom. The molecule has 1 aliphatic heterocycles. The summed E-state index contributed by atoms with van der Waals surface area (Å²) in [6.45, 7) is 8.94. The van der Waals surface area contributed by atoms with E-state index in [0.29, 0.717) is 42.6 Å². The van der Waals surface area contributed by atoms with Crippen molar-refractivity contribution in [2.75, 3.05) is 19.7 Å². The highest BCUT2D eigenvalue weighted by molar-refractivity contribution is 5.80. The Morgan fingerprint density at radius 2 is 2.33 bits per heavy atom. The van der Waals surface area contributed by atoms with Gasteiger partial charge in [-0.15, -0.1) is 0 Å². The van der Waals surface area contributed by atoms with Gasteiger partial charge in [-0.3, -0.25) is 10.1 Å². The molecule has 0 amide bonds. The summed E-state index contributed by atoms with van der Waals surface area (Å²) in [4.78, 5) is 9.19. The molecule has 8 heteroatoms. The molecule has 0 bridgehead atoms. The van der Waals surface area contributed by atoms with Gasteiger partial charge >= 0.3 is 0 Å². The lowest BCUT2D eigenvalue weighted by atomic mass is 9.57. The number of hydrogen-bond acceptors (Lipinski definition) is 5. The van der Waals surface area contributed by atoms with E-state index in [4.69, 9.17) is 14.1 Å². The van der Waals surface area contributed by atoms with Crippen LogP contribution in [0.15, 0.2) is 27.8 Å². The number of hydrogen-bond donors (Lipinski definition) is 3. The topological polar surface area (TPSA) is 100 Å². The van der Waals surface area contributed by atoms with Crippen molar-refractivity contribution < 1.29 is 9.15 Å². The van der Waals surface area contributed by atoms with Gasteiger partial charge in [-0.2, -0.15) is 5.10 Å². The summed E-state index contributed by atoms with van der Waals surface area (Å²) in [5.74, 6) is 3.47. The van der Waals surface area contributed by atoms with Crippen molar-refractivity contribution >= 4 is 5.96 Å². The third-order valence-electron chi connectivity index (χ3n) is 5.63. The molecule has 1 saturated heterocycles. The number of rotatable bonds is 6. The van der Waals surface area contributed by atoms with Crippen LogP contribution in [-0.4, -0.2) is 53.0 Å². The molecule has 0 radical (unpaired) electrons. The first-order valence-electron chi connectivity index (χ1n) is 9.71. The minimum absolute atomic E-state index is 0.125. The van der Waals surface area contributed by atoms with Crippen LogP contribution < -0.4 is 10.6 Å². The lowest BCUT2D eigenvalue weighted by Crippen LogP contribution is -2.68. The van der Waals surface area contributed by atoms with Gasteiger partial charge in [0.2, 0.25) is 5.82 Å². The largest absolute Gasteiger partial charge is 0.461 e. The SMILES string of the molecule is CCNC(=NCCc1nc(-c2ccco2)n[nH]1)NC1C2CCOC2C1(C)C. The summed E-state index contributed by atoms with van der Waals surface area (Å²) in [6, 6.07) is 4.06. The van der Waals surface area contributed by atoms with E-state index in [-0.39, 0.29) is 5.41 Å². The van der Waals surface area contributed by atoms with Crippen LogP contribution >= 0.6 is 0 Å². The zero-order chi connectivity index (χ0) is 18.9. The van der Waals surface area contributed by atoms with Gasteiger partial charge in [0.05, 0.1) is 12.4 Å². The molecule has 2 aromatic rings. The fraction of sp³-hybridized carbons (Fsp3) is 0.632. The molecule has 0 spiro atoms. The molecule has 3 atom stereocenters. The Labute approximate surface area is 159 Å². The second-order valence-electron chi connectivity index (χ2n) is 7.78. The third kappa shape index (κ3) is 3.45. The molecule has 8 nitrogen and oxygen atoms in total. The number of nitrogens with one attached hydrogen (secondary N) is 3. The number of ether oxygens (including phenoxy) is 1. The van der Waals surface area contributed by atoms with Crippen molar-refractivity contribution in [1.29, 1.82) is 0 Å². The molecule has 27 heavy (non-hydrogen) atoms. The zero-order valence-corrected chi connectivity index (χ0v) is 16.2. The molecule has 146 valence electrons. The van der Waals surface area contributed by atoms with Crippen LogP contribution in [0, 0.1) is 11.3 Å². The van der Waals surface area contributed by atoms with Gasteiger partial charge < -0.3 is 19.8 Å². The van der Waals surface area contributed by atoms with E-state index in [0.717, 1.165) is 31.4 Å². The number of furan rings is 1. The molecule has 2 fully saturated rings. The normalized spacial score (nSPS) is 26.5. The van der Waals surface area contributed by atoms with Crippen molar-refractivity contribution in [2.24, 2.45) is 16.3 Å². The van der Waals surface area contributed by atoms with Crippen LogP contribution in [0.5, 0.6) is 0 Å². The number of aromatic nitrogens is 3. The standard InChI is InChI=1S/C19H28N6O2/c1-4-20-18(23-15-12-8-11-27-16(12)19(15,2)3)21-9-7-14-22-17(25-24-14)13-6-5-10-26-13/h5-6,10,12,15-16H,4,7-9,11H2,1-3H3,(H2,20,21,23)(H,22,24,25). The summed E-state index contributed by atoms with van der Waals surface area (Å²) in [7, 11) is 0. The predicted molar refractivity (Wildman–Crippen MR) is 102 cm³/mol. The third-order valence-corrected chi connectivity index (χ3v) is 5.63. The Hall–Kier alpha value is -2.35. The van der Waals surface area contributed by atoms with Crippen molar-refractivity contribution in [3.63, 3.8) is 0 Å². The average Bonchev–Trinajstić information content (AvgIpc) is 3.39. The van der Waals surface area contributed by atoms with Crippen molar-refractivity contribution in [3.05, 3.63) is 24.2 Å². The van der Waals surface area contributed by atoms with Gasteiger partial charge in [-0.25, -0.2) is 4.98 Å². The number of fused-ring (bicyclic) bond motifs is 1. The molecule has 1 aliphatic carbocycles. The second kappa shape index (κ2) is 7.34. The summed E-state index contributed by atoms with van der Waals surface area (Å²) in [5.41, 5.74) is 0.125. The first-order chi connectivity index (χ1) is 13.1. The van der Waals surface area contributed by atoms with Crippen LogP contribution in [0.4, 0.5) is 0 Å². The Balaban J connectivity index is 1.36. The predicted octanol–water partition coefficient (Wildman–Crippen LogP) is 1.98. The molecule has 2 aromatic heterocycles. The highest BCUT2D eigenvalue weighted by Gasteiger charge is 2.59. The Bertz CT molecular complexity index is 782. The van der Waals surface area contributed by atoms with E-state index in [9.17, 15) is 0 Å². The van der Waals surface area contributed by atoms with Crippen LogP contribution in [0.3, 0.4) is 0 Å². The molecule has 2 aliphatic rings. The summed E-state index contributed by atoms with van der Waals surface area (Å²) >= 11 is 0. The number of aromatic amines is 1. The van der Waals surface area contributed by atoms with Gasteiger partial charge in [-0.05, 0) is 25.5 Å². The average molecular weight is 372 g/mol. The maximum absolute atomic E-state index is 5.88. The van der Waals surface area contributed by atoms with E-state index >= 15 is 0 Å². The van der Waals surface area contributed by atoms with Crippen molar-refractivity contribution in [2.45, 2.75) is 45.8 Å². The van der Waals surface area contributed by atoms with Gasteiger partial charge in [0.1, 0.15) is 5.82 Å². The van der Waals surface area contributed by atoms with E-state index in [1.54, 1.807) is 6.26 Å². The van der Waals surface area contributed by atoms with Gasteiger partial charge in [-0.1, -0.05) is 13.8 Å². The summed E-state index contributed by atoms with van der Waals surface area (Å²) < 4.78 is 11.2. The van der Waals surface area contributed by atoms with Crippen molar-refractivity contribution in [1.82, 2.24) is 25.8 Å². The number of guanidine groups is 1. The maximum atomic E-state index is 5.88. The zero-order valence-electron chi connectivity index (χ0n) is 16.2. The van der Waals surface area contributed by atoms with E-state index < -0.39 is 0 Å². The van der Waals surface area contributed by atoms with E-state index in [1.165, 1.54) is 0 Å². The maximum Gasteiger partial charge on any atom is 0.216 e. The molecule has 4 rings (SSSR count). The van der Waals surface area contributed by atoms with Crippen LogP contribution in [0.1, 0.15) is 33.0 Å². The number of H-pyrrole nitrogens is 1. The smallest absolute Gasteiger partial charge is 0.216 e. The molecular weight excluding hydrogens is 344 g/mol. The molecule has 3 N–H and O–H groups in total. The van der Waals surface area contributed by atoms with Crippen LogP contribution in [0.2, 0.25) is 0 Å². The minimum Gasteiger partial charge on any atom is -0.461 e. The first kappa shape index (κ1) is 18.0. The lowest BCUT2D eigenvalue weighted by molar-refractivity contribution is -0.106. The van der Waals surface area contributed by atoms with Gasteiger partial charge in [0, 0.05) is 43.5 Å². The van der Waals surface area contributed by atoms with Crippen LogP contribution in [0.25, 0.3) is 11.6 Å². The quantitative estimate of drug-likeness (QED) is 0.529. The molecular formula is C19H28N6O2. The fourth-order valence-electron chi connectivity index (χ4n) is 4.28. The summed E-state index contributed by atoms with van der Waals surface area (Å²) in [6.07, 6.45) is 3.80. The molecule has 1 saturated carbocycles. The summed E-state index contributed by atoms with van der Waals surface area (Å²) in [5, 5.41) is 14.1. The van der Waals surface area contributed by atoms with Crippen molar-refractivity contribution in [3.8, 4) is 11.6 Å². The van der Waals surface area contributed by atoms with E-state index in [2.05, 4.69) is 46.6 Å². The lowest BCUT2D eigenvalue weighted by Gasteiger charge is -2.54.